The van der Waals surface area contributed by atoms with E-state index in [4.69, 9.17) is 4.74 Å². The molecule has 0 saturated carbocycles. The van der Waals surface area contributed by atoms with Crippen LogP contribution in [-0.2, 0) is 20.9 Å². The van der Waals surface area contributed by atoms with Crippen LogP contribution in [0.25, 0.3) is 0 Å². The maximum absolute atomic E-state index is 12.5. The summed E-state index contributed by atoms with van der Waals surface area (Å²) in [4.78, 5) is 25.7. The summed E-state index contributed by atoms with van der Waals surface area (Å²) < 4.78 is 6.83. The number of nitrogens with one attached hydrogen (secondary N) is 1. The van der Waals surface area contributed by atoms with Gasteiger partial charge in [0.2, 0.25) is 5.91 Å². The first kappa shape index (κ1) is 21.2. The smallest absolute Gasteiger partial charge is 0.320 e. The zero-order valence-corrected chi connectivity index (χ0v) is 16.8. The van der Waals surface area contributed by atoms with Crippen LogP contribution in [0.3, 0.4) is 0 Å². The number of esters is 1. The lowest BCUT2D eigenvalue weighted by Gasteiger charge is -2.17. The molecule has 0 fully saturated rings. The van der Waals surface area contributed by atoms with E-state index in [1.54, 1.807) is 18.9 Å². The Morgan fingerprint density at radius 2 is 1.89 bits per heavy atom. The topological polar surface area (TPSA) is 87.4 Å². The second-order valence-electron chi connectivity index (χ2n) is 6.64. The van der Waals surface area contributed by atoms with Crippen molar-refractivity contribution in [2.75, 3.05) is 32.1 Å². The van der Waals surface area contributed by atoms with Crippen molar-refractivity contribution >= 4 is 17.7 Å². The molecule has 1 amide bonds. The van der Waals surface area contributed by atoms with Crippen LogP contribution in [-0.4, -0.2) is 48.1 Å². The SMILES string of the molecule is CCOC(=O)CN(C)CC(=O)Nc1c(C#N)c(C)c(C)n1Cc1ccccc1. The van der Waals surface area contributed by atoms with E-state index in [1.807, 2.05) is 48.7 Å². The highest BCUT2D eigenvalue weighted by Crippen LogP contribution is 2.27. The quantitative estimate of drug-likeness (QED) is 0.709. The van der Waals surface area contributed by atoms with Gasteiger partial charge in [0.05, 0.1) is 25.3 Å². The fraction of sp³-hybridized carbons (Fsp3) is 0.381. The number of nitrogens with zero attached hydrogens (tertiary/aromatic N) is 3. The van der Waals surface area contributed by atoms with E-state index in [2.05, 4.69) is 11.4 Å². The molecule has 0 radical (unpaired) electrons. The molecule has 2 aromatic rings. The minimum atomic E-state index is -0.380. The summed E-state index contributed by atoms with van der Waals surface area (Å²) in [5, 5.41) is 12.4. The van der Waals surface area contributed by atoms with Gasteiger partial charge < -0.3 is 14.6 Å². The van der Waals surface area contributed by atoms with Gasteiger partial charge in [0, 0.05) is 12.2 Å². The molecule has 1 heterocycles. The number of carbonyl (C=O) groups is 2. The van der Waals surface area contributed by atoms with E-state index in [0.29, 0.717) is 24.5 Å². The Morgan fingerprint density at radius 1 is 1.21 bits per heavy atom. The molecule has 1 aromatic heterocycles. The van der Waals surface area contributed by atoms with Crippen molar-refractivity contribution in [2.24, 2.45) is 0 Å². The van der Waals surface area contributed by atoms with Crippen LogP contribution >= 0.6 is 0 Å². The highest BCUT2D eigenvalue weighted by molar-refractivity contribution is 5.93. The van der Waals surface area contributed by atoms with Gasteiger partial charge in [-0.3, -0.25) is 14.5 Å². The molecule has 7 heteroatoms. The van der Waals surface area contributed by atoms with Crippen molar-refractivity contribution in [1.82, 2.24) is 9.47 Å². The van der Waals surface area contributed by atoms with Gasteiger partial charge in [-0.15, -0.1) is 0 Å². The molecule has 0 unspecified atom stereocenters. The maximum atomic E-state index is 12.5. The lowest BCUT2D eigenvalue weighted by Crippen LogP contribution is -2.35. The normalized spacial score (nSPS) is 10.6. The molecule has 0 aliphatic carbocycles. The lowest BCUT2D eigenvalue weighted by molar-refractivity contribution is -0.144. The predicted octanol–water partition coefficient (Wildman–Crippen LogP) is 2.46. The standard InChI is InChI=1S/C21H26N4O3/c1-5-28-20(27)14-24(4)13-19(26)23-21-18(11-22)15(2)16(3)25(21)12-17-9-7-6-8-10-17/h6-10H,5,12-14H2,1-4H3,(H,23,26). The molecule has 0 aliphatic rings. The number of aromatic nitrogens is 1. The van der Waals surface area contributed by atoms with Crippen molar-refractivity contribution in [3.8, 4) is 6.07 Å². The first-order chi connectivity index (χ1) is 13.4. The predicted molar refractivity (Wildman–Crippen MR) is 107 cm³/mol. The van der Waals surface area contributed by atoms with Crippen LogP contribution in [0, 0.1) is 25.2 Å². The van der Waals surface area contributed by atoms with Crippen LogP contribution in [0.1, 0.15) is 29.3 Å². The number of amides is 1. The molecule has 0 atom stereocenters. The van der Waals surface area contributed by atoms with Crippen molar-refractivity contribution in [1.29, 1.82) is 5.26 Å². The first-order valence-corrected chi connectivity index (χ1v) is 9.15. The first-order valence-electron chi connectivity index (χ1n) is 9.15. The number of anilines is 1. The van der Waals surface area contributed by atoms with Crippen LogP contribution in [0.4, 0.5) is 5.82 Å². The average Bonchev–Trinajstić information content (AvgIpc) is 2.86. The summed E-state index contributed by atoms with van der Waals surface area (Å²) in [6.07, 6.45) is 0. The van der Waals surface area contributed by atoms with Gasteiger partial charge >= 0.3 is 5.97 Å². The second-order valence-corrected chi connectivity index (χ2v) is 6.64. The lowest BCUT2D eigenvalue weighted by atomic mass is 10.2. The highest BCUT2D eigenvalue weighted by atomic mass is 16.5. The molecular weight excluding hydrogens is 356 g/mol. The highest BCUT2D eigenvalue weighted by Gasteiger charge is 2.20. The Balaban J connectivity index is 2.19. The summed E-state index contributed by atoms with van der Waals surface area (Å²) in [5.74, 6) is -0.194. The third-order valence-corrected chi connectivity index (χ3v) is 4.50. The Hall–Kier alpha value is -3.11. The van der Waals surface area contributed by atoms with E-state index < -0.39 is 0 Å². The summed E-state index contributed by atoms with van der Waals surface area (Å²) in [7, 11) is 1.67. The van der Waals surface area contributed by atoms with Crippen molar-refractivity contribution in [2.45, 2.75) is 27.3 Å². The molecule has 0 spiro atoms. The van der Waals surface area contributed by atoms with E-state index >= 15 is 0 Å². The second kappa shape index (κ2) is 9.72. The summed E-state index contributed by atoms with van der Waals surface area (Å²) >= 11 is 0. The molecule has 1 aromatic carbocycles. The average molecular weight is 382 g/mol. The van der Waals surface area contributed by atoms with Gasteiger partial charge in [0.25, 0.3) is 0 Å². The van der Waals surface area contributed by atoms with E-state index in [-0.39, 0.29) is 25.0 Å². The number of nitriles is 1. The third-order valence-electron chi connectivity index (χ3n) is 4.50. The molecule has 1 N–H and O–H groups in total. The molecule has 2 rings (SSSR count). The number of hydrogen-bond acceptors (Lipinski definition) is 5. The summed E-state index contributed by atoms with van der Waals surface area (Å²) in [5.41, 5.74) is 3.29. The van der Waals surface area contributed by atoms with Crippen LogP contribution in [0.5, 0.6) is 0 Å². The van der Waals surface area contributed by atoms with E-state index in [9.17, 15) is 14.9 Å². The van der Waals surface area contributed by atoms with E-state index in [0.717, 1.165) is 16.8 Å². The Labute approximate surface area is 165 Å². The van der Waals surface area contributed by atoms with Crippen LogP contribution in [0.2, 0.25) is 0 Å². The van der Waals surface area contributed by atoms with Crippen molar-refractivity contribution < 1.29 is 14.3 Å². The number of hydrogen-bond donors (Lipinski definition) is 1. The minimum Gasteiger partial charge on any atom is -0.465 e. The van der Waals surface area contributed by atoms with E-state index in [1.165, 1.54) is 0 Å². The molecule has 148 valence electrons. The fourth-order valence-electron chi connectivity index (χ4n) is 2.99. The molecule has 0 saturated heterocycles. The number of ether oxygens (including phenoxy) is 1. The van der Waals surface area contributed by atoms with Gasteiger partial charge in [-0.1, -0.05) is 30.3 Å². The molecule has 0 bridgehead atoms. The Kier molecular flexibility index (Phi) is 7.36. The van der Waals surface area contributed by atoms with Gasteiger partial charge in [-0.05, 0) is 38.9 Å². The molecular formula is C21H26N4O3. The minimum absolute atomic E-state index is 0.0122. The zero-order chi connectivity index (χ0) is 20.7. The summed E-state index contributed by atoms with van der Waals surface area (Å²) in [6, 6.07) is 12.0. The van der Waals surface area contributed by atoms with Crippen molar-refractivity contribution in [3.63, 3.8) is 0 Å². The van der Waals surface area contributed by atoms with Gasteiger partial charge in [-0.2, -0.15) is 5.26 Å². The number of carbonyl (C=O) groups excluding carboxylic acids is 2. The Bertz CT molecular complexity index is 881. The van der Waals surface area contributed by atoms with Gasteiger partial charge in [0.15, 0.2) is 0 Å². The largest absolute Gasteiger partial charge is 0.465 e. The van der Waals surface area contributed by atoms with Crippen molar-refractivity contribution in [3.05, 3.63) is 52.7 Å². The maximum Gasteiger partial charge on any atom is 0.320 e. The zero-order valence-electron chi connectivity index (χ0n) is 16.8. The van der Waals surface area contributed by atoms with Crippen LogP contribution in [0.15, 0.2) is 30.3 Å². The summed E-state index contributed by atoms with van der Waals surface area (Å²) in [6.45, 7) is 6.42. The monoisotopic (exact) mass is 382 g/mol. The Morgan fingerprint density at radius 3 is 2.50 bits per heavy atom. The number of benzene rings is 1. The van der Waals surface area contributed by atoms with Gasteiger partial charge in [-0.25, -0.2) is 0 Å². The number of likely N-dealkylation sites (N-methyl/N-ethyl adjacent to an activating group) is 1. The van der Waals surface area contributed by atoms with Gasteiger partial charge in [0.1, 0.15) is 11.9 Å². The third kappa shape index (κ3) is 5.21. The fourth-order valence-corrected chi connectivity index (χ4v) is 2.99. The number of rotatable bonds is 8. The molecule has 0 aliphatic heterocycles. The molecule has 28 heavy (non-hydrogen) atoms. The molecule has 7 nitrogen and oxygen atoms in total. The van der Waals surface area contributed by atoms with Crippen LogP contribution < -0.4 is 5.32 Å².